The van der Waals surface area contributed by atoms with Crippen molar-refractivity contribution in [2.75, 3.05) is 11.9 Å². The van der Waals surface area contributed by atoms with Crippen molar-refractivity contribution in [1.29, 1.82) is 0 Å². The maximum absolute atomic E-state index is 13.5. The number of H-pyrrole nitrogens is 1. The van der Waals surface area contributed by atoms with Crippen LogP contribution in [0.15, 0.2) is 66.7 Å². The molecule has 31 heavy (non-hydrogen) atoms. The van der Waals surface area contributed by atoms with E-state index in [9.17, 15) is 4.79 Å². The molecule has 0 aliphatic carbocycles. The van der Waals surface area contributed by atoms with E-state index >= 15 is 0 Å². The second kappa shape index (κ2) is 7.62. The number of carbonyl (C=O) groups excluding carboxylic acids is 1. The Morgan fingerprint density at radius 2 is 1.74 bits per heavy atom. The highest BCUT2D eigenvalue weighted by atomic mass is 16.2. The predicted octanol–water partition coefficient (Wildman–Crippen LogP) is 6.27. The Morgan fingerprint density at radius 1 is 0.968 bits per heavy atom. The maximum Gasteiger partial charge on any atom is 0.322 e. The summed E-state index contributed by atoms with van der Waals surface area (Å²) in [7, 11) is 0. The number of aryl methyl sites for hydroxylation is 2. The van der Waals surface area contributed by atoms with E-state index in [2.05, 4.69) is 85.7 Å². The summed E-state index contributed by atoms with van der Waals surface area (Å²) in [4.78, 5) is 19.1. The van der Waals surface area contributed by atoms with Gasteiger partial charge in [0.15, 0.2) is 0 Å². The van der Waals surface area contributed by atoms with E-state index in [-0.39, 0.29) is 12.1 Å². The molecule has 2 N–H and O–H groups in total. The summed E-state index contributed by atoms with van der Waals surface area (Å²) < 4.78 is 0. The van der Waals surface area contributed by atoms with E-state index < -0.39 is 0 Å². The number of amides is 2. The van der Waals surface area contributed by atoms with Crippen molar-refractivity contribution in [1.82, 2.24) is 9.88 Å². The van der Waals surface area contributed by atoms with E-state index in [1.807, 2.05) is 17.0 Å². The summed E-state index contributed by atoms with van der Waals surface area (Å²) in [6.07, 6.45) is 0.835. The topological polar surface area (TPSA) is 48.1 Å². The Labute approximate surface area is 182 Å². The molecule has 0 unspecified atom stereocenters. The highest BCUT2D eigenvalue weighted by molar-refractivity contribution is 5.92. The lowest BCUT2D eigenvalue weighted by Crippen LogP contribution is -2.43. The third-order valence-corrected chi connectivity index (χ3v) is 6.53. The lowest BCUT2D eigenvalue weighted by Gasteiger charge is -2.36. The Balaban J connectivity index is 1.58. The molecule has 4 heteroatoms. The van der Waals surface area contributed by atoms with Crippen LogP contribution in [-0.2, 0) is 6.42 Å². The van der Waals surface area contributed by atoms with E-state index in [0.29, 0.717) is 6.54 Å². The molecular formula is C27H27N3O. The smallest absolute Gasteiger partial charge is 0.322 e. The molecule has 4 nitrogen and oxygen atoms in total. The number of nitrogens with zero attached hydrogens (tertiary/aromatic N) is 1. The fraction of sp³-hybridized carbons (Fsp3) is 0.222. The van der Waals surface area contributed by atoms with Crippen molar-refractivity contribution < 1.29 is 4.79 Å². The molecule has 0 radical (unpaired) electrons. The van der Waals surface area contributed by atoms with Crippen molar-refractivity contribution in [3.05, 3.63) is 100 Å². The normalized spacial score (nSPS) is 15.7. The lowest BCUT2D eigenvalue weighted by atomic mass is 9.92. The number of anilines is 1. The minimum Gasteiger partial charge on any atom is -0.356 e. The van der Waals surface area contributed by atoms with Crippen molar-refractivity contribution >= 4 is 22.6 Å². The third-order valence-electron chi connectivity index (χ3n) is 6.53. The molecule has 0 saturated heterocycles. The summed E-state index contributed by atoms with van der Waals surface area (Å²) in [5.74, 6) is 0. The number of fused-ring (bicyclic) bond motifs is 3. The van der Waals surface area contributed by atoms with Crippen LogP contribution < -0.4 is 5.32 Å². The summed E-state index contributed by atoms with van der Waals surface area (Å²) in [5, 5.41) is 4.42. The Kier molecular flexibility index (Phi) is 4.78. The first-order valence-corrected chi connectivity index (χ1v) is 10.8. The van der Waals surface area contributed by atoms with Crippen LogP contribution in [0.1, 0.15) is 39.6 Å². The van der Waals surface area contributed by atoms with Crippen molar-refractivity contribution in [3.8, 4) is 0 Å². The number of para-hydroxylation sites is 1. The molecule has 1 aliphatic rings. The molecule has 2 amide bonds. The second-order valence-electron chi connectivity index (χ2n) is 8.50. The maximum atomic E-state index is 13.5. The molecular weight excluding hydrogens is 382 g/mol. The number of rotatable bonds is 2. The summed E-state index contributed by atoms with van der Waals surface area (Å²) in [5.41, 5.74) is 9.04. The van der Waals surface area contributed by atoms with Crippen LogP contribution in [0.2, 0.25) is 0 Å². The number of nitrogens with one attached hydrogen (secondary N) is 2. The Hall–Kier alpha value is -3.53. The molecule has 1 aromatic heterocycles. The van der Waals surface area contributed by atoms with Crippen LogP contribution in [-0.4, -0.2) is 22.5 Å². The van der Waals surface area contributed by atoms with E-state index in [1.54, 1.807) is 0 Å². The zero-order valence-corrected chi connectivity index (χ0v) is 18.2. The van der Waals surface area contributed by atoms with Gasteiger partial charge < -0.3 is 15.2 Å². The van der Waals surface area contributed by atoms with Gasteiger partial charge in [-0.05, 0) is 61.6 Å². The highest BCUT2D eigenvalue weighted by Crippen LogP contribution is 2.38. The first-order valence-electron chi connectivity index (χ1n) is 10.8. The largest absolute Gasteiger partial charge is 0.356 e. The van der Waals surface area contributed by atoms with Gasteiger partial charge in [0.05, 0.1) is 6.04 Å². The molecule has 4 aromatic rings. The van der Waals surface area contributed by atoms with Gasteiger partial charge in [-0.1, -0.05) is 60.2 Å². The first kappa shape index (κ1) is 19.4. The van der Waals surface area contributed by atoms with E-state index in [4.69, 9.17) is 0 Å². The molecule has 3 aromatic carbocycles. The van der Waals surface area contributed by atoms with E-state index in [0.717, 1.165) is 34.4 Å². The predicted molar refractivity (Wildman–Crippen MR) is 127 cm³/mol. The molecule has 1 atom stereocenters. The van der Waals surface area contributed by atoms with Gasteiger partial charge in [-0.2, -0.15) is 0 Å². The second-order valence-corrected chi connectivity index (χ2v) is 8.50. The van der Waals surface area contributed by atoms with Gasteiger partial charge in [-0.3, -0.25) is 0 Å². The molecule has 0 fully saturated rings. The number of hydrogen-bond acceptors (Lipinski definition) is 1. The van der Waals surface area contributed by atoms with Gasteiger partial charge in [0.2, 0.25) is 0 Å². The van der Waals surface area contributed by atoms with Gasteiger partial charge in [0.25, 0.3) is 0 Å². The van der Waals surface area contributed by atoms with Crippen molar-refractivity contribution in [3.63, 3.8) is 0 Å². The van der Waals surface area contributed by atoms with Crippen LogP contribution in [0.25, 0.3) is 10.9 Å². The summed E-state index contributed by atoms with van der Waals surface area (Å²) in [6, 6.07) is 22.7. The van der Waals surface area contributed by atoms with E-state index in [1.165, 1.54) is 22.1 Å². The number of benzene rings is 3. The molecule has 0 bridgehead atoms. The van der Waals surface area contributed by atoms with Gasteiger partial charge in [-0.15, -0.1) is 0 Å². The monoisotopic (exact) mass is 409 g/mol. The van der Waals surface area contributed by atoms with Crippen LogP contribution in [0.5, 0.6) is 0 Å². The number of aromatic amines is 1. The van der Waals surface area contributed by atoms with Crippen LogP contribution >= 0.6 is 0 Å². The van der Waals surface area contributed by atoms with Gasteiger partial charge in [0, 0.05) is 28.8 Å². The van der Waals surface area contributed by atoms with Crippen LogP contribution in [0.3, 0.4) is 0 Å². The average molecular weight is 410 g/mol. The Morgan fingerprint density at radius 3 is 2.55 bits per heavy atom. The zero-order valence-electron chi connectivity index (χ0n) is 18.2. The molecule has 1 aliphatic heterocycles. The number of hydrogen-bond donors (Lipinski definition) is 2. The minimum atomic E-state index is -0.151. The van der Waals surface area contributed by atoms with Gasteiger partial charge in [0.1, 0.15) is 0 Å². The quantitative estimate of drug-likeness (QED) is 0.402. The summed E-state index contributed by atoms with van der Waals surface area (Å²) >= 11 is 0. The number of urea groups is 1. The number of aromatic nitrogens is 1. The van der Waals surface area contributed by atoms with Crippen molar-refractivity contribution in [2.45, 2.75) is 33.2 Å². The molecule has 2 heterocycles. The van der Waals surface area contributed by atoms with Crippen molar-refractivity contribution in [2.24, 2.45) is 0 Å². The molecule has 156 valence electrons. The third kappa shape index (κ3) is 3.38. The molecule has 0 saturated carbocycles. The zero-order chi connectivity index (χ0) is 21.5. The van der Waals surface area contributed by atoms with Gasteiger partial charge >= 0.3 is 6.03 Å². The van der Waals surface area contributed by atoms with Gasteiger partial charge in [-0.25, -0.2) is 4.79 Å². The average Bonchev–Trinajstić information content (AvgIpc) is 3.15. The Bertz CT molecular complexity index is 1270. The molecule has 0 spiro atoms. The fourth-order valence-electron chi connectivity index (χ4n) is 4.63. The highest BCUT2D eigenvalue weighted by Gasteiger charge is 2.34. The standard InChI is InChI=1S/C27H27N3O/c1-17-11-13-20(14-12-17)26-25-22(21-8-4-5-9-24(21)28-25)15-16-30(26)27(31)29-23-10-6-7-18(2)19(23)3/h4-14,26,28H,15-16H2,1-3H3,(H,29,31)/t26-/m0/s1. The fourth-order valence-corrected chi connectivity index (χ4v) is 4.63. The van der Waals surface area contributed by atoms with Crippen LogP contribution in [0, 0.1) is 20.8 Å². The minimum absolute atomic E-state index is 0.0661. The SMILES string of the molecule is Cc1ccc([C@H]2c3[nH]c4ccccc4c3CCN2C(=O)Nc2cccc(C)c2C)cc1. The summed E-state index contributed by atoms with van der Waals surface area (Å²) in [6.45, 7) is 6.88. The first-order chi connectivity index (χ1) is 15.0. The van der Waals surface area contributed by atoms with Crippen LogP contribution in [0.4, 0.5) is 10.5 Å². The lowest BCUT2D eigenvalue weighted by molar-refractivity contribution is 0.193. The number of carbonyl (C=O) groups is 1. The molecule has 5 rings (SSSR count).